The van der Waals surface area contributed by atoms with Crippen molar-refractivity contribution in [1.82, 2.24) is 0 Å². The van der Waals surface area contributed by atoms with Crippen molar-refractivity contribution >= 4 is 5.57 Å². The Morgan fingerprint density at radius 2 is 1.76 bits per heavy atom. The molecule has 0 bridgehead atoms. The average molecular weight is 272 g/mol. The van der Waals surface area contributed by atoms with Crippen LogP contribution in [0.4, 0.5) is 0 Å². The monoisotopic (exact) mass is 272 g/mol. The summed E-state index contributed by atoms with van der Waals surface area (Å²) in [5.41, 5.74) is 10.2. The number of benzene rings is 2. The van der Waals surface area contributed by atoms with E-state index in [1.54, 1.807) is 0 Å². The zero-order valence-corrected chi connectivity index (χ0v) is 12.7. The van der Waals surface area contributed by atoms with Crippen molar-refractivity contribution < 1.29 is 0 Å². The Bertz CT molecular complexity index is 773. The second-order valence-electron chi connectivity index (χ2n) is 6.41. The molecule has 0 radical (unpaired) electrons. The Kier molecular flexibility index (Phi) is 2.85. The SMILES string of the molecule is CC(C)c1cc2c(cc1C1=CC=CC1)-c1ccccc1C2. The number of hydrogen-bond donors (Lipinski definition) is 0. The molecule has 2 aromatic rings. The van der Waals surface area contributed by atoms with Gasteiger partial charge in [0.15, 0.2) is 0 Å². The summed E-state index contributed by atoms with van der Waals surface area (Å²) in [4.78, 5) is 0. The largest absolute Gasteiger partial charge is 0.0801 e. The summed E-state index contributed by atoms with van der Waals surface area (Å²) >= 11 is 0. The summed E-state index contributed by atoms with van der Waals surface area (Å²) in [6, 6.07) is 13.7. The van der Waals surface area contributed by atoms with Crippen molar-refractivity contribution in [3.63, 3.8) is 0 Å². The van der Waals surface area contributed by atoms with E-state index in [1.165, 1.54) is 39.0 Å². The van der Waals surface area contributed by atoms with Crippen LogP contribution in [0.2, 0.25) is 0 Å². The van der Waals surface area contributed by atoms with E-state index in [4.69, 9.17) is 0 Å². The molecule has 0 atom stereocenters. The summed E-state index contributed by atoms with van der Waals surface area (Å²) in [6.07, 6.45) is 8.86. The van der Waals surface area contributed by atoms with Gasteiger partial charge in [0.2, 0.25) is 0 Å². The first-order valence-electron chi connectivity index (χ1n) is 7.85. The maximum atomic E-state index is 2.45. The topological polar surface area (TPSA) is 0 Å². The lowest BCUT2D eigenvalue weighted by atomic mass is 9.88. The normalized spacial score (nSPS) is 15.3. The second kappa shape index (κ2) is 4.73. The van der Waals surface area contributed by atoms with Crippen LogP contribution in [0.25, 0.3) is 16.7 Å². The molecule has 0 saturated heterocycles. The van der Waals surface area contributed by atoms with Crippen molar-refractivity contribution in [3.8, 4) is 11.1 Å². The first kappa shape index (κ1) is 12.6. The van der Waals surface area contributed by atoms with Crippen molar-refractivity contribution in [3.05, 3.63) is 76.9 Å². The van der Waals surface area contributed by atoms with Gasteiger partial charge in [0.05, 0.1) is 0 Å². The predicted octanol–water partition coefficient (Wildman–Crippen LogP) is 5.72. The fourth-order valence-electron chi connectivity index (χ4n) is 3.61. The van der Waals surface area contributed by atoms with Crippen LogP contribution in [-0.4, -0.2) is 0 Å². The summed E-state index contributed by atoms with van der Waals surface area (Å²) < 4.78 is 0. The third-order valence-corrected chi connectivity index (χ3v) is 4.70. The van der Waals surface area contributed by atoms with Gasteiger partial charge in [-0.25, -0.2) is 0 Å². The number of fused-ring (bicyclic) bond motifs is 3. The Hall–Kier alpha value is -2.08. The van der Waals surface area contributed by atoms with Crippen LogP contribution in [0.5, 0.6) is 0 Å². The van der Waals surface area contributed by atoms with E-state index in [0.717, 1.165) is 12.8 Å². The molecule has 0 heteroatoms. The first-order valence-corrected chi connectivity index (χ1v) is 7.85. The molecular weight excluding hydrogens is 252 g/mol. The predicted molar refractivity (Wildman–Crippen MR) is 90.5 cm³/mol. The fraction of sp³-hybridized carbons (Fsp3) is 0.238. The first-order chi connectivity index (χ1) is 10.2. The van der Waals surface area contributed by atoms with Crippen molar-refractivity contribution in [2.45, 2.75) is 32.6 Å². The van der Waals surface area contributed by atoms with Crippen molar-refractivity contribution in [2.24, 2.45) is 0 Å². The minimum absolute atomic E-state index is 0.565. The van der Waals surface area contributed by atoms with E-state index in [0.29, 0.717) is 5.92 Å². The van der Waals surface area contributed by atoms with Crippen molar-refractivity contribution in [1.29, 1.82) is 0 Å². The van der Waals surface area contributed by atoms with Crippen LogP contribution in [0.3, 0.4) is 0 Å². The van der Waals surface area contributed by atoms with Gasteiger partial charge in [-0.15, -0.1) is 0 Å². The van der Waals surface area contributed by atoms with E-state index >= 15 is 0 Å². The Morgan fingerprint density at radius 3 is 2.52 bits per heavy atom. The van der Waals surface area contributed by atoms with Crippen LogP contribution >= 0.6 is 0 Å². The van der Waals surface area contributed by atoms with Gasteiger partial charge in [-0.2, -0.15) is 0 Å². The van der Waals surface area contributed by atoms with Gasteiger partial charge in [0.25, 0.3) is 0 Å². The molecule has 0 heterocycles. The minimum atomic E-state index is 0.565. The molecule has 0 spiro atoms. The Balaban J connectivity index is 1.92. The Morgan fingerprint density at radius 1 is 0.905 bits per heavy atom. The fourth-order valence-corrected chi connectivity index (χ4v) is 3.61. The molecule has 0 aliphatic heterocycles. The lowest BCUT2D eigenvalue weighted by Crippen LogP contribution is -1.98. The lowest BCUT2D eigenvalue weighted by Gasteiger charge is -2.17. The van der Waals surface area contributed by atoms with E-state index in [2.05, 4.69) is 68.5 Å². The van der Waals surface area contributed by atoms with Gasteiger partial charge < -0.3 is 0 Å². The van der Waals surface area contributed by atoms with Crippen LogP contribution < -0.4 is 0 Å². The molecule has 104 valence electrons. The maximum Gasteiger partial charge on any atom is -0.00133 e. The number of hydrogen-bond acceptors (Lipinski definition) is 0. The summed E-state index contributed by atoms with van der Waals surface area (Å²) in [7, 11) is 0. The third-order valence-electron chi connectivity index (χ3n) is 4.70. The zero-order valence-electron chi connectivity index (χ0n) is 12.7. The summed E-state index contributed by atoms with van der Waals surface area (Å²) in [5.74, 6) is 0.565. The molecule has 4 rings (SSSR count). The quantitative estimate of drug-likeness (QED) is 0.559. The van der Waals surface area contributed by atoms with Crippen molar-refractivity contribution in [2.75, 3.05) is 0 Å². The molecule has 0 fully saturated rings. The smallest absolute Gasteiger partial charge is 0.00133 e. The van der Waals surface area contributed by atoms with Crippen LogP contribution in [-0.2, 0) is 6.42 Å². The average Bonchev–Trinajstić information content (AvgIpc) is 3.13. The van der Waals surface area contributed by atoms with Gasteiger partial charge >= 0.3 is 0 Å². The highest BCUT2D eigenvalue weighted by molar-refractivity contribution is 5.83. The van der Waals surface area contributed by atoms with Gasteiger partial charge in [-0.05, 0) is 63.8 Å². The highest BCUT2D eigenvalue weighted by Crippen LogP contribution is 2.41. The van der Waals surface area contributed by atoms with E-state index in [-0.39, 0.29) is 0 Å². The van der Waals surface area contributed by atoms with Gasteiger partial charge in [-0.3, -0.25) is 0 Å². The highest BCUT2D eigenvalue weighted by atomic mass is 14.3. The molecule has 0 unspecified atom stereocenters. The molecule has 0 aromatic heterocycles. The second-order valence-corrected chi connectivity index (χ2v) is 6.41. The van der Waals surface area contributed by atoms with Crippen LogP contribution in [0.1, 0.15) is 48.4 Å². The minimum Gasteiger partial charge on any atom is -0.0801 e. The van der Waals surface area contributed by atoms with Gasteiger partial charge in [-0.1, -0.05) is 62.4 Å². The Labute approximate surface area is 126 Å². The van der Waals surface area contributed by atoms with Gasteiger partial charge in [0.1, 0.15) is 0 Å². The molecule has 0 amide bonds. The summed E-state index contributed by atoms with van der Waals surface area (Å²) in [5, 5.41) is 0. The molecule has 2 aliphatic rings. The standard InChI is InChI=1S/C21H20/c1-14(2)19-12-17-11-16-9-5-6-10-18(16)21(17)13-20(19)15-7-3-4-8-15/h3-7,9-10,12-14H,8,11H2,1-2H3. The van der Waals surface area contributed by atoms with Crippen LogP contribution in [0.15, 0.2) is 54.6 Å². The third kappa shape index (κ3) is 1.98. The lowest BCUT2D eigenvalue weighted by molar-refractivity contribution is 0.860. The molecule has 0 nitrogen and oxygen atoms in total. The van der Waals surface area contributed by atoms with Gasteiger partial charge in [0, 0.05) is 0 Å². The molecule has 2 aliphatic carbocycles. The van der Waals surface area contributed by atoms with E-state index in [9.17, 15) is 0 Å². The molecule has 0 saturated carbocycles. The van der Waals surface area contributed by atoms with E-state index < -0.39 is 0 Å². The molecule has 21 heavy (non-hydrogen) atoms. The molecular formula is C21H20. The number of allylic oxidation sites excluding steroid dienone is 4. The maximum absolute atomic E-state index is 2.45. The number of rotatable bonds is 2. The molecule has 0 N–H and O–H groups in total. The molecule has 2 aromatic carbocycles. The van der Waals surface area contributed by atoms with Crippen LogP contribution in [0, 0.1) is 0 Å². The van der Waals surface area contributed by atoms with E-state index in [1.807, 2.05) is 0 Å². The summed E-state index contributed by atoms with van der Waals surface area (Å²) in [6.45, 7) is 4.60. The zero-order chi connectivity index (χ0) is 14.4. The highest BCUT2D eigenvalue weighted by Gasteiger charge is 2.22.